The molecule has 1 aliphatic heterocycles. The molecule has 3 aromatic heterocycles. The van der Waals surface area contributed by atoms with E-state index in [9.17, 15) is 9.18 Å². The van der Waals surface area contributed by atoms with Crippen molar-refractivity contribution in [2.75, 3.05) is 29.9 Å². The van der Waals surface area contributed by atoms with Crippen molar-refractivity contribution in [3.05, 3.63) is 53.4 Å². The van der Waals surface area contributed by atoms with E-state index in [4.69, 9.17) is 10.1 Å². The van der Waals surface area contributed by atoms with Crippen LogP contribution in [0.4, 0.5) is 20.7 Å². The highest BCUT2D eigenvalue weighted by Gasteiger charge is 2.31. The Morgan fingerprint density at radius 2 is 1.97 bits per heavy atom. The van der Waals surface area contributed by atoms with Crippen molar-refractivity contribution < 1.29 is 13.9 Å². The lowest BCUT2D eigenvalue weighted by Crippen LogP contribution is -2.55. The number of amides is 1. The first-order valence-electron chi connectivity index (χ1n) is 11.6. The molecule has 0 unspecified atom stereocenters. The summed E-state index contributed by atoms with van der Waals surface area (Å²) in [4.78, 5) is 24.9. The Morgan fingerprint density at radius 3 is 2.63 bits per heavy atom. The summed E-state index contributed by atoms with van der Waals surface area (Å²) in [6, 6.07) is 3.15. The van der Waals surface area contributed by atoms with E-state index < -0.39 is 11.4 Å². The van der Waals surface area contributed by atoms with E-state index in [1.54, 1.807) is 17.3 Å². The Kier molecular flexibility index (Phi) is 6.40. The molecular weight excluding hydrogens is 449 g/mol. The summed E-state index contributed by atoms with van der Waals surface area (Å²) in [6.45, 7) is 12.8. The van der Waals surface area contributed by atoms with E-state index >= 15 is 0 Å². The lowest BCUT2D eigenvalue weighted by atomic mass is 10.1. The Hall–Kier alpha value is -3.69. The number of ether oxygens (including phenoxy) is 1. The van der Waals surface area contributed by atoms with Gasteiger partial charge in [-0.15, -0.1) is 0 Å². The number of aromatic nitrogens is 3. The predicted molar refractivity (Wildman–Crippen MR) is 134 cm³/mol. The summed E-state index contributed by atoms with van der Waals surface area (Å²) in [5.74, 6) is -0.524. The maximum Gasteiger partial charge on any atom is 0.410 e. The molecule has 0 bridgehead atoms. The second kappa shape index (κ2) is 9.16. The van der Waals surface area contributed by atoms with Crippen LogP contribution in [0.5, 0.6) is 0 Å². The van der Waals surface area contributed by atoms with Crippen molar-refractivity contribution in [1.29, 1.82) is 5.41 Å². The Balaban J connectivity index is 1.44. The minimum Gasteiger partial charge on any atom is -0.444 e. The molecule has 4 heterocycles. The van der Waals surface area contributed by atoms with Gasteiger partial charge >= 0.3 is 6.09 Å². The van der Waals surface area contributed by atoms with Crippen LogP contribution in [-0.4, -0.2) is 62.5 Å². The van der Waals surface area contributed by atoms with E-state index in [2.05, 4.69) is 15.3 Å². The van der Waals surface area contributed by atoms with Gasteiger partial charge in [0.15, 0.2) is 11.6 Å². The fourth-order valence-corrected chi connectivity index (χ4v) is 4.20. The second-order valence-electron chi connectivity index (χ2n) is 10.0. The van der Waals surface area contributed by atoms with Crippen LogP contribution in [0.3, 0.4) is 0 Å². The zero-order chi connectivity index (χ0) is 25.5. The van der Waals surface area contributed by atoms with Crippen molar-refractivity contribution in [1.82, 2.24) is 19.3 Å². The number of aryl methyl sites for hydroxylation is 2. The summed E-state index contributed by atoms with van der Waals surface area (Å²) in [6.07, 6.45) is 4.92. The molecule has 1 fully saturated rings. The Bertz CT molecular complexity index is 1280. The van der Waals surface area contributed by atoms with Crippen LogP contribution in [0.25, 0.3) is 5.65 Å². The quantitative estimate of drug-likeness (QED) is 0.426. The van der Waals surface area contributed by atoms with Gasteiger partial charge in [-0.1, -0.05) is 0 Å². The zero-order valence-corrected chi connectivity index (χ0v) is 21.0. The van der Waals surface area contributed by atoms with Gasteiger partial charge < -0.3 is 24.3 Å². The van der Waals surface area contributed by atoms with Crippen molar-refractivity contribution in [2.24, 2.45) is 0 Å². The SMILES string of the molecule is Cc1cn2cc(C(=N)Nc3ncc(N4CCN(C(=O)OC(C)(C)C)[C@@H](C)C4)cc3F)cc(C)c2n1. The van der Waals surface area contributed by atoms with Crippen molar-refractivity contribution >= 4 is 29.1 Å². The molecule has 4 rings (SSSR count). The molecule has 35 heavy (non-hydrogen) atoms. The van der Waals surface area contributed by atoms with Gasteiger partial charge in [-0.3, -0.25) is 5.41 Å². The molecule has 0 aliphatic carbocycles. The van der Waals surface area contributed by atoms with Gasteiger partial charge in [-0.2, -0.15) is 0 Å². The lowest BCUT2D eigenvalue weighted by Gasteiger charge is -2.41. The van der Waals surface area contributed by atoms with E-state index in [0.717, 1.165) is 16.9 Å². The normalized spacial score (nSPS) is 16.5. The molecule has 0 spiro atoms. The molecule has 9 nitrogen and oxygen atoms in total. The van der Waals surface area contributed by atoms with Gasteiger partial charge in [0.1, 0.15) is 17.1 Å². The first-order valence-corrected chi connectivity index (χ1v) is 11.6. The molecule has 0 saturated carbocycles. The lowest BCUT2D eigenvalue weighted by molar-refractivity contribution is 0.0159. The fraction of sp³-hybridized carbons (Fsp3) is 0.440. The number of amidine groups is 1. The highest BCUT2D eigenvalue weighted by Crippen LogP contribution is 2.24. The van der Waals surface area contributed by atoms with Gasteiger partial charge in [0.2, 0.25) is 0 Å². The molecule has 1 aliphatic rings. The molecule has 1 amide bonds. The van der Waals surface area contributed by atoms with Gasteiger partial charge in [0.25, 0.3) is 0 Å². The molecule has 10 heteroatoms. The van der Waals surface area contributed by atoms with Crippen LogP contribution in [0.2, 0.25) is 0 Å². The number of hydrogen-bond acceptors (Lipinski definition) is 6. The standard InChI is InChI=1S/C25H32FN7O2/c1-15-9-18(14-32-12-16(2)29-23(15)32)21(27)30-22-20(26)10-19(11-28-22)31-7-8-33(17(3)13-31)24(34)35-25(4,5)6/h9-12,14,17H,7-8,13H2,1-6H3,(H2,27,28,30)/t17-/m0/s1. The number of pyridine rings is 2. The molecule has 0 radical (unpaired) electrons. The molecule has 3 aromatic rings. The Labute approximate surface area is 204 Å². The molecule has 186 valence electrons. The number of piperazine rings is 1. The third-order valence-corrected chi connectivity index (χ3v) is 5.84. The number of nitrogens with one attached hydrogen (secondary N) is 2. The number of rotatable bonds is 3. The number of carbonyl (C=O) groups excluding carboxylic acids is 1. The average molecular weight is 482 g/mol. The minimum atomic E-state index is -0.556. The predicted octanol–water partition coefficient (Wildman–Crippen LogP) is 4.37. The Morgan fingerprint density at radius 1 is 1.23 bits per heavy atom. The summed E-state index contributed by atoms with van der Waals surface area (Å²) in [7, 11) is 0. The van der Waals surface area contributed by atoms with Crippen LogP contribution in [-0.2, 0) is 4.74 Å². The molecule has 1 saturated heterocycles. The summed E-state index contributed by atoms with van der Waals surface area (Å²) in [5.41, 5.74) is 3.31. The topological polar surface area (TPSA) is 98.9 Å². The first-order chi connectivity index (χ1) is 16.4. The molecule has 0 aromatic carbocycles. The van der Waals surface area contributed by atoms with Crippen LogP contribution in [0.1, 0.15) is 44.5 Å². The van der Waals surface area contributed by atoms with E-state index in [-0.39, 0.29) is 23.8 Å². The summed E-state index contributed by atoms with van der Waals surface area (Å²) in [5, 5.41) is 11.2. The van der Waals surface area contributed by atoms with Crippen molar-refractivity contribution in [3.63, 3.8) is 0 Å². The summed E-state index contributed by atoms with van der Waals surface area (Å²) < 4.78 is 22.3. The smallest absolute Gasteiger partial charge is 0.410 e. The third kappa shape index (κ3) is 5.36. The monoisotopic (exact) mass is 481 g/mol. The van der Waals surface area contributed by atoms with Crippen LogP contribution in [0, 0.1) is 25.1 Å². The van der Waals surface area contributed by atoms with Gasteiger partial charge in [-0.25, -0.2) is 19.2 Å². The largest absolute Gasteiger partial charge is 0.444 e. The molecule has 2 N–H and O–H groups in total. The van der Waals surface area contributed by atoms with E-state index in [0.29, 0.717) is 30.9 Å². The maximum absolute atomic E-state index is 15.0. The van der Waals surface area contributed by atoms with Crippen LogP contribution < -0.4 is 10.2 Å². The second-order valence-corrected chi connectivity index (χ2v) is 10.0. The third-order valence-electron chi connectivity index (χ3n) is 5.84. The highest BCUT2D eigenvalue weighted by atomic mass is 19.1. The van der Waals surface area contributed by atoms with Crippen LogP contribution in [0.15, 0.2) is 30.7 Å². The number of anilines is 2. The molecule has 1 atom stereocenters. The van der Waals surface area contributed by atoms with Crippen LogP contribution >= 0.6 is 0 Å². The molecular formula is C25H32FN7O2. The first kappa shape index (κ1) is 24.4. The maximum atomic E-state index is 15.0. The zero-order valence-electron chi connectivity index (χ0n) is 21.0. The number of hydrogen-bond donors (Lipinski definition) is 2. The number of imidazole rings is 1. The number of nitrogens with zero attached hydrogens (tertiary/aromatic N) is 5. The fourth-order valence-electron chi connectivity index (χ4n) is 4.20. The number of carbonyl (C=O) groups is 1. The highest BCUT2D eigenvalue weighted by molar-refractivity contribution is 6.05. The van der Waals surface area contributed by atoms with Gasteiger partial charge in [0, 0.05) is 49.7 Å². The number of halogens is 1. The average Bonchev–Trinajstić information content (AvgIpc) is 3.14. The van der Waals surface area contributed by atoms with Crippen molar-refractivity contribution in [3.8, 4) is 0 Å². The summed E-state index contributed by atoms with van der Waals surface area (Å²) >= 11 is 0. The number of fused-ring (bicyclic) bond motifs is 1. The van der Waals surface area contributed by atoms with E-state index in [1.165, 1.54) is 6.07 Å². The van der Waals surface area contributed by atoms with E-state index in [1.807, 2.05) is 63.1 Å². The van der Waals surface area contributed by atoms with Gasteiger partial charge in [-0.05, 0) is 53.2 Å². The van der Waals surface area contributed by atoms with Gasteiger partial charge in [0.05, 0.1) is 17.6 Å². The van der Waals surface area contributed by atoms with Crippen molar-refractivity contribution in [2.45, 2.75) is 53.2 Å². The minimum absolute atomic E-state index is 0.0150.